The third-order valence-corrected chi connectivity index (χ3v) is 15.3. The lowest BCUT2D eigenvalue weighted by Crippen LogP contribution is -2.62. The van der Waals surface area contributed by atoms with Crippen molar-refractivity contribution in [3.63, 3.8) is 0 Å². The first-order valence-corrected chi connectivity index (χ1v) is 29.4. The summed E-state index contributed by atoms with van der Waals surface area (Å²) in [6.45, 7) is 8.11. The topological polar surface area (TPSA) is 424 Å². The van der Waals surface area contributed by atoms with Crippen LogP contribution in [0.15, 0.2) is 78.2 Å². The molecule has 2 aromatic carbocycles. The fourth-order valence-electron chi connectivity index (χ4n) is 10.8. The standard InChI is InChI=1S/C59H83N15O13/c1-32(2)25-39-50(79)69-42(26-35-15-8-6-9-16-35)57(86)73-23-13-20-44(73)53(82)71-47(33(3)4)55(84)65-38(19-12-22-63-59(60)61)49(78)67-40(28-37-30-62-31-64-37)51(80)70-43(27-36-17-10-7-11-18-36)58(87)74-24-14-21-45(74)54(83)72-48(34(5)75)56(85)68-41(29-46(76)77)52(81)66-39/h6-11,15-18,30-34,38-45,47-48,75H,12-14,19-29H2,1-5H3,(H,62,64)(H,65,84)(H,66,81)(H,67,78)(H,68,85)(H,69,79)(H,70,80)(H,71,82)(H,72,83)(H,76,77)(H4,60,61,63)/t34-,38+,39+,40+,41+,42-,43-,44+,45+,47+,48+/m1/s1. The molecule has 28 nitrogen and oxygen atoms in total. The number of nitrogens with two attached hydrogens (primary N) is 2. The van der Waals surface area contributed by atoms with Crippen LogP contribution >= 0.6 is 0 Å². The Hall–Kier alpha value is -8.95. The van der Waals surface area contributed by atoms with Gasteiger partial charge >= 0.3 is 5.97 Å². The highest BCUT2D eigenvalue weighted by molar-refractivity contribution is 6.00. The van der Waals surface area contributed by atoms with Crippen molar-refractivity contribution in [3.8, 4) is 0 Å². The van der Waals surface area contributed by atoms with Crippen molar-refractivity contribution >= 4 is 71.0 Å². The largest absolute Gasteiger partial charge is 0.481 e. The summed E-state index contributed by atoms with van der Waals surface area (Å²) in [5, 5.41) is 42.2. The molecule has 10 amide bonds. The molecule has 87 heavy (non-hydrogen) atoms. The summed E-state index contributed by atoms with van der Waals surface area (Å²) < 4.78 is 0. The minimum absolute atomic E-state index is 0.00301. The van der Waals surface area contributed by atoms with Gasteiger partial charge in [-0.05, 0) is 74.8 Å². The number of aliphatic carboxylic acids is 1. The Morgan fingerprint density at radius 3 is 1.53 bits per heavy atom. The smallest absolute Gasteiger partial charge is 0.305 e. The number of aliphatic hydroxyl groups is 1. The maximum absolute atomic E-state index is 14.9. The van der Waals surface area contributed by atoms with E-state index >= 15 is 0 Å². The highest BCUT2D eigenvalue weighted by atomic mass is 16.4. The molecular weight excluding hydrogens is 1130 g/mol. The van der Waals surface area contributed by atoms with E-state index in [-0.39, 0.29) is 89.3 Å². The molecule has 0 aliphatic carbocycles. The van der Waals surface area contributed by atoms with E-state index in [1.807, 2.05) is 0 Å². The highest BCUT2D eigenvalue weighted by Gasteiger charge is 2.44. The van der Waals surface area contributed by atoms with E-state index in [9.17, 15) is 63.0 Å². The lowest BCUT2D eigenvalue weighted by Gasteiger charge is -2.32. The fourth-order valence-corrected chi connectivity index (χ4v) is 10.8. The van der Waals surface area contributed by atoms with Gasteiger partial charge in [-0.15, -0.1) is 0 Å². The Morgan fingerprint density at radius 1 is 0.586 bits per heavy atom. The van der Waals surface area contributed by atoms with Crippen molar-refractivity contribution in [3.05, 3.63) is 90.0 Å². The SMILES string of the molecule is CC(C)C[C@@H]1NC(=O)[C@H](CC(=O)O)NC(=O)[C@H]([C@@H](C)O)NC(=O)[C@@H]2CCCN2C(=O)[C@@H](Cc2ccccc2)NC(=O)[C@H](Cc2cnc[nH]2)NC(=O)[C@H](CCCN=C(N)N)NC(=O)[C@H](C(C)C)NC(=O)[C@@H]2CCCN2C(=O)[C@@H](Cc2ccccc2)NC1=O. The number of aliphatic hydroxyl groups excluding tert-OH is 1. The van der Waals surface area contributed by atoms with Crippen LogP contribution in [0, 0.1) is 11.8 Å². The minimum Gasteiger partial charge on any atom is -0.481 e. The van der Waals surface area contributed by atoms with E-state index in [0.717, 1.165) is 0 Å². The number of carbonyl (C=O) groups excluding carboxylic acids is 10. The third-order valence-electron chi connectivity index (χ3n) is 15.3. The molecule has 15 N–H and O–H groups in total. The first kappa shape index (κ1) is 67.2. The lowest BCUT2D eigenvalue weighted by molar-refractivity contribution is -0.144. The van der Waals surface area contributed by atoms with Crippen LogP contribution in [0.1, 0.15) is 103 Å². The zero-order valence-corrected chi connectivity index (χ0v) is 49.7. The van der Waals surface area contributed by atoms with E-state index in [1.165, 1.54) is 29.2 Å². The molecule has 3 fully saturated rings. The van der Waals surface area contributed by atoms with Crippen LogP contribution in [-0.4, -0.2) is 187 Å². The van der Waals surface area contributed by atoms with Gasteiger partial charge in [-0.3, -0.25) is 57.7 Å². The number of fused-ring (bicyclic) bond motifs is 2. The van der Waals surface area contributed by atoms with Gasteiger partial charge in [0.05, 0.1) is 18.9 Å². The van der Waals surface area contributed by atoms with Crippen LogP contribution < -0.4 is 54.0 Å². The normalized spacial score (nSPS) is 25.8. The van der Waals surface area contributed by atoms with E-state index in [4.69, 9.17) is 11.5 Å². The number of carboxylic acid groups (broad SMARTS) is 1. The number of aliphatic imine (C=N–C) groups is 1. The second kappa shape index (κ2) is 32.0. The van der Waals surface area contributed by atoms with Crippen molar-refractivity contribution in [2.45, 2.75) is 172 Å². The second-order valence-corrected chi connectivity index (χ2v) is 23.0. The van der Waals surface area contributed by atoms with E-state index in [1.54, 1.807) is 88.4 Å². The van der Waals surface area contributed by atoms with Crippen molar-refractivity contribution < 1.29 is 63.0 Å². The van der Waals surface area contributed by atoms with Crippen LogP contribution in [0.4, 0.5) is 0 Å². The number of imidazole rings is 1. The van der Waals surface area contributed by atoms with Crippen molar-refractivity contribution in [1.29, 1.82) is 0 Å². The number of carboxylic acids is 1. The zero-order chi connectivity index (χ0) is 63.5. The third kappa shape index (κ3) is 19.5. The number of nitrogens with zero attached hydrogens (tertiary/aromatic N) is 4. The maximum Gasteiger partial charge on any atom is 0.305 e. The molecule has 6 rings (SSSR count). The molecule has 3 aromatic rings. The number of carbonyl (C=O) groups is 11. The van der Waals surface area contributed by atoms with Gasteiger partial charge in [0.1, 0.15) is 60.4 Å². The number of hydrogen-bond donors (Lipinski definition) is 13. The number of benzene rings is 2. The van der Waals surface area contributed by atoms with E-state index in [0.29, 0.717) is 23.2 Å². The molecule has 4 heterocycles. The van der Waals surface area contributed by atoms with Crippen molar-refractivity contribution in [1.82, 2.24) is 62.3 Å². The Kier molecular flexibility index (Phi) is 24.7. The van der Waals surface area contributed by atoms with Crippen molar-refractivity contribution in [2.24, 2.45) is 28.3 Å². The van der Waals surface area contributed by atoms with E-state index < -0.39 is 144 Å². The molecule has 0 spiro atoms. The summed E-state index contributed by atoms with van der Waals surface area (Å²) in [5.74, 6) is -11.3. The van der Waals surface area contributed by atoms with Gasteiger partial charge in [-0.25, -0.2) is 4.98 Å². The first-order valence-electron chi connectivity index (χ1n) is 29.4. The van der Waals surface area contributed by atoms with Gasteiger partial charge in [0.2, 0.25) is 59.1 Å². The number of rotatable bonds is 16. The van der Waals surface area contributed by atoms with Crippen LogP contribution in [0.2, 0.25) is 0 Å². The molecule has 28 heteroatoms. The summed E-state index contributed by atoms with van der Waals surface area (Å²) in [6.07, 6.45) is 0.554. The number of guanidine groups is 1. The predicted molar refractivity (Wildman–Crippen MR) is 316 cm³/mol. The Bertz CT molecular complexity index is 2920. The van der Waals surface area contributed by atoms with Crippen molar-refractivity contribution in [2.75, 3.05) is 19.6 Å². The number of nitrogens with one attached hydrogen (secondary N) is 9. The Morgan fingerprint density at radius 2 is 1.05 bits per heavy atom. The molecule has 3 saturated heterocycles. The van der Waals surface area contributed by atoms with Crippen LogP contribution in [0.25, 0.3) is 0 Å². The summed E-state index contributed by atoms with van der Waals surface area (Å²) in [6, 6.07) is 2.79. The number of amides is 10. The molecule has 0 unspecified atom stereocenters. The van der Waals surface area contributed by atoms with Gasteiger partial charge in [0.25, 0.3) is 0 Å². The lowest BCUT2D eigenvalue weighted by atomic mass is 9.99. The van der Waals surface area contributed by atoms with Gasteiger partial charge in [-0.1, -0.05) is 88.4 Å². The number of H-pyrrole nitrogens is 1. The average molecular weight is 1210 g/mol. The minimum atomic E-state index is -1.89. The van der Waals surface area contributed by atoms with E-state index in [2.05, 4.69) is 57.5 Å². The number of aromatic nitrogens is 2. The first-order chi connectivity index (χ1) is 41.4. The van der Waals surface area contributed by atoms with Gasteiger partial charge < -0.3 is 79.0 Å². The van der Waals surface area contributed by atoms with Crippen LogP contribution in [0.5, 0.6) is 0 Å². The monoisotopic (exact) mass is 1210 g/mol. The van der Waals surface area contributed by atoms with Crippen LogP contribution in [0.3, 0.4) is 0 Å². The summed E-state index contributed by atoms with van der Waals surface area (Å²) in [4.78, 5) is 172. The number of hydrogen-bond acceptors (Lipinski definition) is 14. The Labute approximate surface area is 504 Å². The summed E-state index contributed by atoms with van der Waals surface area (Å²) in [7, 11) is 0. The molecule has 0 saturated carbocycles. The Balaban J connectivity index is 1.42. The number of aromatic amines is 1. The molecule has 1 aromatic heterocycles. The highest BCUT2D eigenvalue weighted by Crippen LogP contribution is 2.23. The quantitative estimate of drug-likeness (QED) is 0.0416. The average Bonchev–Trinajstić information content (AvgIpc) is 2.60. The molecule has 472 valence electrons. The molecule has 0 radical (unpaired) electrons. The second-order valence-electron chi connectivity index (χ2n) is 23.0. The molecule has 0 bridgehead atoms. The van der Waals surface area contributed by atoms with Crippen LogP contribution in [-0.2, 0) is 72.0 Å². The summed E-state index contributed by atoms with van der Waals surface area (Å²) >= 11 is 0. The van der Waals surface area contributed by atoms with Gasteiger partial charge in [0, 0.05) is 50.8 Å². The molecule has 3 aliphatic rings. The maximum atomic E-state index is 14.9. The molecular formula is C59H83N15O13. The summed E-state index contributed by atoms with van der Waals surface area (Å²) in [5.41, 5.74) is 12.8. The molecule has 3 aliphatic heterocycles. The zero-order valence-electron chi connectivity index (χ0n) is 49.7. The van der Waals surface area contributed by atoms with Gasteiger partial charge in [0.15, 0.2) is 5.96 Å². The van der Waals surface area contributed by atoms with Gasteiger partial charge in [-0.2, -0.15) is 0 Å². The predicted octanol–water partition coefficient (Wildman–Crippen LogP) is -2.08. The molecule has 11 atom stereocenters. The fraction of sp³-hybridized carbons (Fsp3) is 0.542.